The predicted octanol–water partition coefficient (Wildman–Crippen LogP) is 2.51. The maximum Gasteiger partial charge on any atom is 0.235 e. The summed E-state index contributed by atoms with van der Waals surface area (Å²) in [5.41, 5.74) is 2.84. The highest BCUT2D eigenvalue weighted by molar-refractivity contribution is 7.77. The molecular weight excluding hydrogens is 186 g/mol. The second kappa shape index (κ2) is 3.32. The first-order valence-corrected chi connectivity index (χ1v) is 4.92. The van der Waals surface area contributed by atoms with E-state index in [0.717, 1.165) is 11.1 Å². The third-order valence-corrected chi connectivity index (χ3v) is 2.46. The average Bonchev–Trinajstić information content (AvgIpc) is 2.53. The molecule has 1 atom stereocenters. The summed E-state index contributed by atoms with van der Waals surface area (Å²) in [4.78, 5) is 0. The van der Waals surface area contributed by atoms with E-state index in [-0.39, 0.29) is 0 Å². The summed E-state index contributed by atoms with van der Waals surface area (Å²) in [6.45, 7) is 2.00. The SMILES string of the molecule is Cc1ccccc1C1=COS(O)=N1. The van der Waals surface area contributed by atoms with E-state index < -0.39 is 11.3 Å². The minimum Gasteiger partial charge on any atom is -0.400 e. The molecule has 2 rings (SSSR count). The Morgan fingerprint density at radius 3 is 2.77 bits per heavy atom. The van der Waals surface area contributed by atoms with Gasteiger partial charge in [-0.2, -0.15) is 4.36 Å². The lowest BCUT2D eigenvalue weighted by Gasteiger charge is -2.00. The van der Waals surface area contributed by atoms with E-state index in [1.165, 1.54) is 6.26 Å². The van der Waals surface area contributed by atoms with Crippen molar-refractivity contribution < 1.29 is 8.74 Å². The van der Waals surface area contributed by atoms with E-state index in [4.69, 9.17) is 8.74 Å². The maximum absolute atomic E-state index is 9.04. The second-order valence-corrected chi connectivity index (χ2v) is 3.57. The predicted molar refractivity (Wildman–Crippen MR) is 52.7 cm³/mol. The zero-order valence-corrected chi connectivity index (χ0v) is 7.91. The number of aryl methyl sites for hydroxylation is 1. The van der Waals surface area contributed by atoms with Crippen molar-refractivity contribution in [2.75, 3.05) is 0 Å². The van der Waals surface area contributed by atoms with Gasteiger partial charge in [0.15, 0.2) is 0 Å². The van der Waals surface area contributed by atoms with E-state index in [0.29, 0.717) is 5.70 Å². The summed E-state index contributed by atoms with van der Waals surface area (Å²) in [7, 11) is 0. The summed E-state index contributed by atoms with van der Waals surface area (Å²) >= 11 is -1.28. The Kier molecular flexibility index (Phi) is 2.16. The van der Waals surface area contributed by atoms with Crippen molar-refractivity contribution in [3.8, 4) is 0 Å². The Balaban J connectivity index is 2.42. The number of hydrogen-bond acceptors (Lipinski definition) is 2. The molecule has 0 saturated heterocycles. The fraction of sp³-hybridized carbons (Fsp3) is 0.111. The molecule has 1 aliphatic rings. The third-order valence-electron chi connectivity index (χ3n) is 1.84. The van der Waals surface area contributed by atoms with Crippen molar-refractivity contribution in [1.82, 2.24) is 0 Å². The van der Waals surface area contributed by atoms with Crippen LogP contribution in [0.5, 0.6) is 0 Å². The van der Waals surface area contributed by atoms with Gasteiger partial charge in [0.1, 0.15) is 12.0 Å². The molecule has 1 aliphatic heterocycles. The molecule has 13 heavy (non-hydrogen) atoms. The van der Waals surface area contributed by atoms with E-state index in [1.54, 1.807) is 0 Å². The molecule has 0 aromatic heterocycles. The lowest BCUT2D eigenvalue weighted by Crippen LogP contribution is -1.83. The zero-order valence-electron chi connectivity index (χ0n) is 7.10. The van der Waals surface area contributed by atoms with E-state index in [2.05, 4.69) is 4.36 Å². The number of hydrogen-bond donors (Lipinski definition) is 1. The van der Waals surface area contributed by atoms with Crippen molar-refractivity contribution in [3.05, 3.63) is 41.7 Å². The van der Waals surface area contributed by atoms with Crippen LogP contribution in [0.25, 0.3) is 5.70 Å². The zero-order chi connectivity index (χ0) is 9.26. The van der Waals surface area contributed by atoms with Gasteiger partial charge in [-0.1, -0.05) is 24.3 Å². The van der Waals surface area contributed by atoms with Gasteiger partial charge in [-0.15, -0.1) is 0 Å². The van der Waals surface area contributed by atoms with E-state index in [9.17, 15) is 0 Å². The highest BCUT2D eigenvalue weighted by atomic mass is 32.2. The highest BCUT2D eigenvalue weighted by Crippen LogP contribution is 2.24. The molecule has 0 saturated carbocycles. The van der Waals surface area contributed by atoms with Crippen molar-refractivity contribution >= 4 is 17.0 Å². The Hall–Kier alpha value is -1.13. The van der Waals surface area contributed by atoms with Crippen LogP contribution < -0.4 is 0 Å². The van der Waals surface area contributed by atoms with Crippen molar-refractivity contribution in [2.24, 2.45) is 4.36 Å². The standard InChI is InChI=1S/C9H9NO2S/c1-7-4-2-3-5-8(7)9-6-12-13(11)10-9/h2-6H,1H3,(H,10,11). The van der Waals surface area contributed by atoms with E-state index >= 15 is 0 Å². The highest BCUT2D eigenvalue weighted by Gasteiger charge is 2.10. The Bertz CT molecular complexity index is 398. The molecule has 1 N–H and O–H groups in total. The molecule has 0 bridgehead atoms. The van der Waals surface area contributed by atoms with Gasteiger partial charge in [0.05, 0.1) is 0 Å². The van der Waals surface area contributed by atoms with Crippen LogP contribution >= 0.6 is 0 Å². The van der Waals surface area contributed by atoms with Gasteiger partial charge in [0, 0.05) is 5.56 Å². The first-order valence-electron chi connectivity index (χ1n) is 3.86. The molecule has 3 nitrogen and oxygen atoms in total. The summed E-state index contributed by atoms with van der Waals surface area (Å²) < 4.78 is 17.8. The summed E-state index contributed by atoms with van der Waals surface area (Å²) in [6.07, 6.45) is 1.49. The molecule has 1 heterocycles. The molecule has 0 radical (unpaired) electrons. The quantitative estimate of drug-likeness (QED) is 0.748. The molecule has 68 valence electrons. The monoisotopic (exact) mass is 195 g/mol. The van der Waals surface area contributed by atoms with Gasteiger partial charge in [-0.05, 0) is 12.5 Å². The van der Waals surface area contributed by atoms with Crippen molar-refractivity contribution in [2.45, 2.75) is 6.92 Å². The normalized spacial score (nSPS) is 20.5. The fourth-order valence-electron chi connectivity index (χ4n) is 1.19. The van der Waals surface area contributed by atoms with Crippen molar-refractivity contribution in [3.63, 3.8) is 0 Å². The lowest BCUT2D eigenvalue weighted by atomic mass is 10.1. The van der Waals surface area contributed by atoms with E-state index in [1.807, 2.05) is 31.2 Å². The molecule has 1 aromatic carbocycles. The molecule has 4 heteroatoms. The Morgan fingerprint density at radius 1 is 1.38 bits per heavy atom. The summed E-state index contributed by atoms with van der Waals surface area (Å²) in [5.74, 6) is 0. The van der Waals surface area contributed by atoms with Crippen molar-refractivity contribution in [1.29, 1.82) is 0 Å². The van der Waals surface area contributed by atoms with Crippen LogP contribution in [0.2, 0.25) is 0 Å². The third kappa shape index (κ3) is 1.64. The topological polar surface area (TPSA) is 41.8 Å². The van der Waals surface area contributed by atoms with Gasteiger partial charge in [0.25, 0.3) is 0 Å². The lowest BCUT2D eigenvalue weighted by molar-refractivity contribution is 0.481. The minimum atomic E-state index is -1.28. The molecule has 0 fully saturated rings. The van der Waals surface area contributed by atoms with Gasteiger partial charge < -0.3 is 4.18 Å². The second-order valence-electron chi connectivity index (χ2n) is 2.74. The van der Waals surface area contributed by atoms with Crippen LogP contribution in [0, 0.1) is 6.92 Å². The largest absolute Gasteiger partial charge is 0.400 e. The molecular formula is C9H9NO2S. The van der Waals surface area contributed by atoms with Crippen LogP contribution in [0.4, 0.5) is 0 Å². The van der Waals surface area contributed by atoms with Crippen LogP contribution in [0.1, 0.15) is 11.1 Å². The molecule has 0 spiro atoms. The molecule has 1 unspecified atom stereocenters. The smallest absolute Gasteiger partial charge is 0.235 e. The number of rotatable bonds is 1. The first-order chi connectivity index (χ1) is 6.27. The number of nitrogens with zero attached hydrogens (tertiary/aromatic N) is 1. The molecule has 0 amide bonds. The van der Waals surface area contributed by atoms with Gasteiger partial charge in [-0.3, -0.25) is 4.55 Å². The van der Waals surface area contributed by atoms with Crippen LogP contribution in [0.3, 0.4) is 0 Å². The number of benzene rings is 1. The van der Waals surface area contributed by atoms with Gasteiger partial charge in [0.2, 0.25) is 11.3 Å². The molecule has 0 aliphatic carbocycles. The first kappa shape index (κ1) is 8.47. The Labute approximate surface area is 79.2 Å². The van der Waals surface area contributed by atoms with Crippen LogP contribution in [-0.2, 0) is 15.4 Å². The summed E-state index contributed by atoms with van der Waals surface area (Å²) in [5, 5.41) is 0. The molecule has 1 aromatic rings. The fourth-order valence-corrected chi connectivity index (χ4v) is 1.72. The van der Waals surface area contributed by atoms with Gasteiger partial charge >= 0.3 is 0 Å². The maximum atomic E-state index is 9.04. The average molecular weight is 195 g/mol. The Morgan fingerprint density at radius 2 is 2.15 bits per heavy atom. The van der Waals surface area contributed by atoms with Gasteiger partial charge in [-0.25, -0.2) is 0 Å². The van der Waals surface area contributed by atoms with Crippen LogP contribution in [-0.4, -0.2) is 4.55 Å². The van der Waals surface area contributed by atoms with Crippen LogP contribution in [0.15, 0.2) is 34.9 Å². The summed E-state index contributed by atoms with van der Waals surface area (Å²) in [6, 6.07) is 7.86. The minimum absolute atomic E-state index is 0.712.